The molecule has 0 radical (unpaired) electrons. The number of alkyl halides is 12. The number of rotatable bonds is 5. The fourth-order valence-electron chi connectivity index (χ4n) is 3.59. The lowest BCUT2D eigenvalue weighted by atomic mass is 9.65. The maximum Gasteiger partial charge on any atom is 0.426 e. The van der Waals surface area contributed by atoms with E-state index >= 15 is 0 Å². The molecule has 0 aliphatic heterocycles. The van der Waals surface area contributed by atoms with Crippen molar-refractivity contribution in [1.82, 2.24) is 0 Å². The number of aliphatic hydroxyl groups is 2. The van der Waals surface area contributed by atoms with Crippen molar-refractivity contribution in [3.05, 3.63) is 12.2 Å². The van der Waals surface area contributed by atoms with Gasteiger partial charge in [-0.1, -0.05) is 12.2 Å². The van der Waals surface area contributed by atoms with Crippen molar-refractivity contribution in [3.63, 3.8) is 0 Å². The second-order valence-corrected chi connectivity index (χ2v) is 7.51. The van der Waals surface area contributed by atoms with Gasteiger partial charge in [-0.2, -0.15) is 52.7 Å². The van der Waals surface area contributed by atoms with Crippen molar-refractivity contribution in [1.29, 1.82) is 0 Å². The van der Waals surface area contributed by atoms with Crippen LogP contribution in [0.1, 0.15) is 26.2 Å². The smallest absolute Gasteiger partial charge is 0.374 e. The van der Waals surface area contributed by atoms with Crippen molar-refractivity contribution in [2.24, 2.45) is 11.8 Å². The highest BCUT2D eigenvalue weighted by Crippen LogP contribution is 2.57. The van der Waals surface area contributed by atoms with Gasteiger partial charge in [0.15, 0.2) is 0 Å². The molecule has 184 valence electrons. The zero-order chi connectivity index (χ0) is 24.8. The van der Waals surface area contributed by atoms with E-state index in [9.17, 15) is 62.9 Å². The molecule has 0 aromatic carbocycles. The SMILES string of the molecule is C=C(C)COC1CC(C(O)(C(F)(F)F)C(F)(F)F)CC(C(O)(C(F)(F)F)C(F)(F)F)C1. The molecule has 1 aliphatic rings. The Morgan fingerprint density at radius 3 is 1.23 bits per heavy atom. The first kappa shape index (κ1) is 27.8. The van der Waals surface area contributed by atoms with E-state index in [1.807, 2.05) is 0 Å². The Morgan fingerprint density at radius 2 is 1.00 bits per heavy atom. The maximum absolute atomic E-state index is 13.2. The molecule has 0 heterocycles. The number of halogens is 12. The number of hydrogen-bond donors (Lipinski definition) is 2. The van der Waals surface area contributed by atoms with Gasteiger partial charge in [-0.15, -0.1) is 0 Å². The van der Waals surface area contributed by atoms with E-state index in [1.54, 1.807) is 0 Å². The molecule has 31 heavy (non-hydrogen) atoms. The summed E-state index contributed by atoms with van der Waals surface area (Å²) in [6, 6.07) is 0. The van der Waals surface area contributed by atoms with E-state index in [0.717, 1.165) is 0 Å². The summed E-state index contributed by atoms with van der Waals surface area (Å²) in [5.74, 6) is -6.45. The summed E-state index contributed by atoms with van der Waals surface area (Å²) in [5, 5.41) is 19.1. The van der Waals surface area contributed by atoms with Crippen LogP contribution in [-0.4, -0.2) is 58.8 Å². The fraction of sp³-hybridized carbons (Fsp3) is 0.875. The summed E-state index contributed by atoms with van der Waals surface area (Å²) in [7, 11) is 0. The van der Waals surface area contributed by atoms with Crippen LogP contribution in [0.15, 0.2) is 12.2 Å². The maximum atomic E-state index is 13.2. The predicted octanol–water partition coefficient (Wildman–Crippen LogP) is 5.08. The molecule has 0 saturated heterocycles. The third-order valence-electron chi connectivity index (χ3n) is 5.14. The van der Waals surface area contributed by atoms with Gasteiger partial charge < -0.3 is 14.9 Å². The Kier molecular flexibility index (Phi) is 7.43. The molecule has 1 saturated carbocycles. The molecule has 2 atom stereocenters. The highest BCUT2D eigenvalue weighted by Gasteiger charge is 2.78. The second kappa shape index (κ2) is 8.28. The summed E-state index contributed by atoms with van der Waals surface area (Å²) in [4.78, 5) is 0. The van der Waals surface area contributed by atoms with Crippen LogP contribution in [-0.2, 0) is 4.74 Å². The third kappa shape index (κ3) is 5.07. The third-order valence-corrected chi connectivity index (χ3v) is 5.14. The van der Waals surface area contributed by atoms with Gasteiger partial charge in [0.1, 0.15) is 0 Å². The van der Waals surface area contributed by atoms with E-state index in [0.29, 0.717) is 0 Å². The van der Waals surface area contributed by atoms with Crippen molar-refractivity contribution >= 4 is 0 Å². The van der Waals surface area contributed by atoms with Gasteiger partial charge in [0.2, 0.25) is 0 Å². The minimum absolute atomic E-state index is 0.113. The molecule has 2 N–H and O–H groups in total. The Morgan fingerprint density at radius 1 is 0.710 bits per heavy atom. The van der Waals surface area contributed by atoms with Crippen LogP contribution in [0.4, 0.5) is 52.7 Å². The van der Waals surface area contributed by atoms with Crippen LogP contribution < -0.4 is 0 Å². The van der Waals surface area contributed by atoms with Crippen molar-refractivity contribution in [2.75, 3.05) is 6.61 Å². The fourth-order valence-corrected chi connectivity index (χ4v) is 3.59. The minimum Gasteiger partial charge on any atom is -0.374 e. The van der Waals surface area contributed by atoms with Gasteiger partial charge >= 0.3 is 24.7 Å². The molecule has 1 aliphatic carbocycles. The van der Waals surface area contributed by atoms with Crippen LogP contribution in [0.25, 0.3) is 0 Å². The average Bonchev–Trinajstić information content (AvgIpc) is 2.54. The zero-order valence-corrected chi connectivity index (χ0v) is 15.6. The van der Waals surface area contributed by atoms with Crippen LogP contribution in [0.5, 0.6) is 0 Å². The molecule has 0 aromatic heterocycles. The monoisotopic (exact) mass is 486 g/mol. The van der Waals surface area contributed by atoms with E-state index in [-0.39, 0.29) is 5.57 Å². The van der Waals surface area contributed by atoms with Gasteiger partial charge in [-0.3, -0.25) is 0 Å². The van der Waals surface area contributed by atoms with Gasteiger partial charge in [0, 0.05) is 11.8 Å². The first-order valence-electron chi connectivity index (χ1n) is 8.47. The second-order valence-electron chi connectivity index (χ2n) is 7.51. The standard InChI is InChI=1S/C16H18F12O3/c1-7(2)6-31-10-4-8(11(29,13(17,18)19)14(20,21)22)3-9(5-10)12(30,15(23,24)25)16(26,27)28/h8-10,29-30H,1,3-6H2,2H3. The van der Waals surface area contributed by atoms with E-state index in [1.165, 1.54) is 6.92 Å². The molecule has 3 nitrogen and oxygen atoms in total. The Labute approximate surface area is 167 Å². The van der Waals surface area contributed by atoms with Crippen molar-refractivity contribution in [2.45, 2.75) is 68.2 Å². The summed E-state index contributed by atoms with van der Waals surface area (Å²) in [6.45, 7) is 3.95. The Hall–Kier alpha value is -1.22. The molecule has 2 unspecified atom stereocenters. The predicted molar refractivity (Wildman–Crippen MR) is 79.5 cm³/mol. The largest absolute Gasteiger partial charge is 0.426 e. The zero-order valence-electron chi connectivity index (χ0n) is 15.6. The number of ether oxygens (including phenoxy) is 1. The lowest BCUT2D eigenvalue weighted by molar-refractivity contribution is -0.405. The highest BCUT2D eigenvalue weighted by molar-refractivity contribution is 5.08. The number of hydrogen-bond acceptors (Lipinski definition) is 3. The van der Waals surface area contributed by atoms with E-state index in [2.05, 4.69) is 6.58 Å². The molecule has 0 spiro atoms. The summed E-state index contributed by atoms with van der Waals surface area (Å²) in [5.41, 5.74) is -11.2. The van der Waals surface area contributed by atoms with Gasteiger partial charge in [-0.25, -0.2) is 0 Å². The molecule has 0 aromatic rings. The molecule has 1 fully saturated rings. The summed E-state index contributed by atoms with van der Waals surface area (Å²) in [6.07, 6.45) is -32.8. The van der Waals surface area contributed by atoms with Crippen LogP contribution in [0.2, 0.25) is 0 Å². The van der Waals surface area contributed by atoms with Crippen molar-refractivity contribution in [3.8, 4) is 0 Å². The average molecular weight is 486 g/mol. The van der Waals surface area contributed by atoms with E-state index < -0.39 is 79.7 Å². The topological polar surface area (TPSA) is 49.7 Å². The lowest BCUT2D eigenvalue weighted by Crippen LogP contribution is -2.67. The lowest BCUT2D eigenvalue weighted by Gasteiger charge is -2.48. The van der Waals surface area contributed by atoms with Crippen LogP contribution >= 0.6 is 0 Å². The Balaban J connectivity index is 3.60. The van der Waals surface area contributed by atoms with Gasteiger partial charge in [0.05, 0.1) is 12.7 Å². The minimum atomic E-state index is -6.49. The molecule has 1 rings (SSSR count). The first-order chi connectivity index (χ1) is 13.5. The van der Waals surface area contributed by atoms with Crippen molar-refractivity contribution < 1.29 is 67.6 Å². The molecular weight excluding hydrogens is 468 g/mol. The van der Waals surface area contributed by atoms with Crippen LogP contribution in [0.3, 0.4) is 0 Å². The van der Waals surface area contributed by atoms with Gasteiger partial charge in [0.25, 0.3) is 11.2 Å². The highest BCUT2D eigenvalue weighted by atomic mass is 19.4. The van der Waals surface area contributed by atoms with E-state index in [4.69, 9.17) is 4.74 Å². The quantitative estimate of drug-likeness (QED) is 0.421. The molecule has 0 bridgehead atoms. The van der Waals surface area contributed by atoms with Crippen LogP contribution in [0, 0.1) is 11.8 Å². The Bertz CT molecular complexity index is 572. The summed E-state index contributed by atoms with van der Waals surface area (Å²) >= 11 is 0. The first-order valence-corrected chi connectivity index (χ1v) is 8.47. The molecule has 0 amide bonds. The normalized spacial score (nSPS) is 24.9. The summed E-state index contributed by atoms with van der Waals surface area (Å²) < 4.78 is 163. The van der Waals surface area contributed by atoms with Gasteiger partial charge in [-0.05, 0) is 26.2 Å². The molecular formula is C16H18F12O3. The molecule has 15 heteroatoms.